The first-order valence-corrected chi connectivity index (χ1v) is 10.4. The third-order valence-corrected chi connectivity index (χ3v) is 6.06. The summed E-state index contributed by atoms with van der Waals surface area (Å²) in [6.07, 6.45) is 1.51. The van der Waals surface area contributed by atoms with Crippen LogP contribution in [0.3, 0.4) is 0 Å². The van der Waals surface area contributed by atoms with E-state index in [-0.39, 0.29) is 30.4 Å². The minimum absolute atomic E-state index is 0.0202. The van der Waals surface area contributed by atoms with Gasteiger partial charge in [0.15, 0.2) is 0 Å². The van der Waals surface area contributed by atoms with E-state index in [0.717, 1.165) is 4.90 Å². The van der Waals surface area contributed by atoms with E-state index in [1.54, 1.807) is 24.3 Å². The molecule has 0 bridgehead atoms. The van der Waals surface area contributed by atoms with Crippen LogP contribution in [0.2, 0.25) is 0 Å². The van der Waals surface area contributed by atoms with Gasteiger partial charge in [-0.2, -0.15) is 0 Å². The van der Waals surface area contributed by atoms with E-state index >= 15 is 0 Å². The van der Waals surface area contributed by atoms with Crippen LogP contribution < -0.4 is 5.32 Å². The molecule has 2 aliphatic heterocycles. The molecule has 0 aliphatic carbocycles. The van der Waals surface area contributed by atoms with Crippen molar-refractivity contribution in [2.24, 2.45) is 5.16 Å². The number of rotatable bonds is 8. The number of benzene rings is 1. The van der Waals surface area contributed by atoms with E-state index < -0.39 is 29.3 Å². The third kappa shape index (κ3) is 4.88. The molecule has 1 aromatic carbocycles. The number of carbonyl (C=O) groups excluding carboxylic acids is 3. The van der Waals surface area contributed by atoms with Crippen molar-refractivity contribution in [2.75, 3.05) is 19.5 Å². The van der Waals surface area contributed by atoms with Crippen molar-refractivity contribution in [1.82, 2.24) is 10.2 Å². The molecule has 10 nitrogen and oxygen atoms in total. The molecule has 164 valence electrons. The fourth-order valence-electron chi connectivity index (χ4n) is 3.31. The zero-order chi connectivity index (χ0) is 22.5. The van der Waals surface area contributed by atoms with Gasteiger partial charge in [0.05, 0.1) is 12.6 Å². The summed E-state index contributed by atoms with van der Waals surface area (Å²) in [6.45, 7) is 1.02. The van der Waals surface area contributed by atoms with Gasteiger partial charge < -0.3 is 20.0 Å². The number of amides is 2. The Labute approximate surface area is 182 Å². The zero-order valence-corrected chi connectivity index (χ0v) is 17.7. The minimum atomic E-state index is -1.28. The second-order valence-electron chi connectivity index (χ2n) is 6.79. The van der Waals surface area contributed by atoms with Crippen molar-refractivity contribution in [3.8, 4) is 0 Å². The summed E-state index contributed by atoms with van der Waals surface area (Å²) < 4.78 is 4.90. The average molecular weight is 447 g/mol. The van der Waals surface area contributed by atoms with Gasteiger partial charge in [-0.3, -0.25) is 19.3 Å². The number of thioether (sulfide) groups is 1. The molecule has 3 rings (SSSR count). The van der Waals surface area contributed by atoms with E-state index in [1.807, 2.05) is 0 Å². The second kappa shape index (κ2) is 9.65. The molecule has 1 fully saturated rings. The van der Waals surface area contributed by atoms with Crippen LogP contribution >= 0.6 is 11.8 Å². The highest BCUT2D eigenvalue weighted by atomic mass is 32.2. The van der Waals surface area contributed by atoms with Crippen molar-refractivity contribution in [3.05, 3.63) is 46.7 Å². The zero-order valence-electron chi connectivity index (χ0n) is 16.9. The summed E-state index contributed by atoms with van der Waals surface area (Å²) in [7, 11) is 1.42. The topological polar surface area (TPSA) is 135 Å². The smallest absolute Gasteiger partial charge is 0.352 e. The lowest BCUT2D eigenvalue weighted by Gasteiger charge is -2.49. The van der Waals surface area contributed by atoms with Gasteiger partial charge in [-0.1, -0.05) is 29.4 Å². The number of esters is 1. The predicted octanol–water partition coefficient (Wildman–Crippen LogP) is 0.511. The van der Waals surface area contributed by atoms with Gasteiger partial charge in [0.25, 0.3) is 5.91 Å². The summed E-state index contributed by atoms with van der Waals surface area (Å²) >= 11 is 1.31. The number of β-lactam (4-membered cyclic amide) rings is 1. The molecule has 2 atom stereocenters. The maximum atomic E-state index is 12.6. The molecule has 2 aliphatic rings. The van der Waals surface area contributed by atoms with Crippen molar-refractivity contribution in [1.29, 1.82) is 0 Å². The summed E-state index contributed by atoms with van der Waals surface area (Å²) in [5, 5.41) is 15.4. The Kier molecular flexibility index (Phi) is 6.95. The van der Waals surface area contributed by atoms with E-state index in [4.69, 9.17) is 4.74 Å². The first kappa shape index (κ1) is 22.3. The van der Waals surface area contributed by atoms with Crippen LogP contribution in [0, 0.1) is 0 Å². The lowest BCUT2D eigenvalue weighted by Crippen LogP contribution is -2.70. The van der Waals surface area contributed by atoms with Crippen molar-refractivity contribution >= 4 is 41.7 Å². The molecular formula is C20H21N3O7S. The molecule has 1 aromatic rings. The number of nitrogens with zero attached hydrogens (tertiary/aromatic N) is 2. The minimum Gasteiger partial charge on any atom is -0.477 e. The summed E-state index contributed by atoms with van der Waals surface area (Å²) in [4.78, 5) is 53.8. The number of nitrogens with one attached hydrogen (secondary N) is 1. The van der Waals surface area contributed by atoms with Crippen LogP contribution in [-0.4, -0.2) is 70.9 Å². The largest absolute Gasteiger partial charge is 0.477 e. The Morgan fingerprint density at radius 3 is 2.77 bits per heavy atom. The lowest BCUT2D eigenvalue weighted by molar-refractivity contribution is -0.151. The van der Waals surface area contributed by atoms with Crippen LogP contribution in [0.4, 0.5) is 0 Å². The fourth-order valence-corrected chi connectivity index (χ4v) is 4.64. The van der Waals surface area contributed by atoms with E-state index in [1.165, 1.54) is 32.0 Å². The number of fused-ring (bicyclic) bond motifs is 1. The fraction of sp³-hybridized carbons (Fsp3) is 0.350. The normalized spacial score (nSPS) is 20.2. The number of oxime groups is 1. The van der Waals surface area contributed by atoms with Crippen LogP contribution in [-0.2, 0) is 35.2 Å². The Hall–Kier alpha value is -3.34. The monoisotopic (exact) mass is 447 g/mol. The van der Waals surface area contributed by atoms with Crippen LogP contribution in [0.15, 0.2) is 40.7 Å². The van der Waals surface area contributed by atoms with E-state index in [9.17, 15) is 24.3 Å². The first-order valence-electron chi connectivity index (χ1n) is 9.30. The molecule has 31 heavy (non-hydrogen) atoms. The number of ether oxygens (including phenoxy) is 1. The van der Waals surface area contributed by atoms with Crippen molar-refractivity contribution < 1.29 is 33.9 Å². The number of hydrogen-bond acceptors (Lipinski definition) is 8. The Balaban J connectivity index is 1.69. The molecule has 1 unspecified atom stereocenters. The summed E-state index contributed by atoms with van der Waals surface area (Å²) in [5.74, 6) is -2.44. The highest BCUT2D eigenvalue weighted by Crippen LogP contribution is 2.40. The lowest BCUT2D eigenvalue weighted by atomic mass is 10.0. The quantitative estimate of drug-likeness (QED) is 0.255. The van der Waals surface area contributed by atoms with Crippen LogP contribution in [0.25, 0.3) is 0 Å². The number of hydrogen-bond donors (Lipinski definition) is 2. The highest BCUT2D eigenvalue weighted by Gasteiger charge is 2.54. The Morgan fingerprint density at radius 2 is 2.10 bits per heavy atom. The predicted molar refractivity (Wildman–Crippen MR) is 111 cm³/mol. The molecule has 1 saturated heterocycles. The molecule has 2 heterocycles. The van der Waals surface area contributed by atoms with Crippen LogP contribution in [0.5, 0.6) is 0 Å². The maximum Gasteiger partial charge on any atom is 0.352 e. The highest BCUT2D eigenvalue weighted by molar-refractivity contribution is 8.00. The van der Waals surface area contributed by atoms with E-state index in [0.29, 0.717) is 16.7 Å². The molecule has 0 radical (unpaired) electrons. The number of aliphatic carboxylic acids is 1. The summed E-state index contributed by atoms with van der Waals surface area (Å²) in [6, 6.07) is 6.31. The SMILES string of the molecule is CO/N=C/c1ccccc1CC(=O)NC1C(=O)N2C(C(=O)O)=C(COC(C)=O)CS[C@H]12. The molecule has 0 spiro atoms. The van der Waals surface area contributed by atoms with Gasteiger partial charge in [-0.15, -0.1) is 11.8 Å². The molecular weight excluding hydrogens is 426 g/mol. The Morgan fingerprint density at radius 1 is 1.35 bits per heavy atom. The standard InChI is InChI=1S/C20H21N3O7S/c1-11(24)30-9-14-10-31-19-16(18(26)23(19)17(14)20(27)28)22-15(25)7-12-5-3-4-6-13(12)8-21-29-2/h3-6,8,16,19H,7,9-10H2,1-2H3,(H,22,25)(H,27,28)/b21-8+/t16?,19-/m1/s1. The molecule has 2 amide bonds. The number of carboxylic acids is 1. The van der Waals surface area contributed by atoms with Gasteiger partial charge in [-0.25, -0.2) is 4.79 Å². The van der Waals surface area contributed by atoms with Gasteiger partial charge in [-0.05, 0) is 11.1 Å². The molecule has 0 aromatic heterocycles. The van der Waals surface area contributed by atoms with Gasteiger partial charge >= 0.3 is 11.9 Å². The maximum absolute atomic E-state index is 12.6. The first-order chi connectivity index (χ1) is 14.8. The van der Waals surface area contributed by atoms with Crippen LogP contribution in [0.1, 0.15) is 18.1 Å². The van der Waals surface area contributed by atoms with Gasteiger partial charge in [0.2, 0.25) is 5.91 Å². The van der Waals surface area contributed by atoms with E-state index in [2.05, 4.69) is 15.3 Å². The number of carbonyl (C=O) groups is 4. The third-order valence-electron chi connectivity index (χ3n) is 4.72. The average Bonchev–Trinajstić information content (AvgIpc) is 2.74. The van der Waals surface area contributed by atoms with Gasteiger partial charge in [0.1, 0.15) is 30.8 Å². The Bertz CT molecular complexity index is 975. The second-order valence-corrected chi connectivity index (χ2v) is 7.89. The molecule has 0 saturated carbocycles. The molecule has 2 N–H and O–H groups in total. The number of carboxylic acid groups (broad SMARTS) is 1. The van der Waals surface area contributed by atoms with Crippen molar-refractivity contribution in [2.45, 2.75) is 24.8 Å². The van der Waals surface area contributed by atoms with Gasteiger partial charge in [0, 0.05) is 18.2 Å². The summed E-state index contributed by atoms with van der Waals surface area (Å²) in [5.41, 5.74) is 1.56. The van der Waals surface area contributed by atoms with Crippen molar-refractivity contribution in [3.63, 3.8) is 0 Å². The molecule has 11 heteroatoms.